The van der Waals surface area contributed by atoms with Gasteiger partial charge in [0.1, 0.15) is 11.6 Å². The summed E-state index contributed by atoms with van der Waals surface area (Å²) in [6.07, 6.45) is 1.01. The molecule has 4 nitrogen and oxygen atoms in total. The summed E-state index contributed by atoms with van der Waals surface area (Å²) in [5, 5.41) is 8.60. The van der Waals surface area contributed by atoms with Gasteiger partial charge in [-0.25, -0.2) is 0 Å². The lowest BCUT2D eigenvalue weighted by Crippen LogP contribution is -2.38. The van der Waals surface area contributed by atoms with Gasteiger partial charge >= 0.3 is 0 Å². The standard InChI is InChI=1S/C20H22N4/c1-16-21-22-20-15-23(12-13-24(16)20)19(18-10-6-3-7-11-18)14-17-8-4-2-5-9-17/h2-11,19H,12-15H2,1H3/t19-/m0/s1. The van der Waals surface area contributed by atoms with Gasteiger partial charge in [-0.1, -0.05) is 60.7 Å². The van der Waals surface area contributed by atoms with Crippen molar-refractivity contribution in [1.82, 2.24) is 19.7 Å². The molecule has 0 amide bonds. The molecule has 0 radical (unpaired) electrons. The van der Waals surface area contributed by atoms with Gasteiger partial charge in [-0.3, -0.25) is 4.90 Å². The Bertz CT molecular complexity index is 795. The molecule has 0 bridgehead atoms. The van der Waals surface area contributed by atoms with Crippen LogP contribution in [0.4, 0.5) is 0 Å². The zero-order valence-electron chi connectivity index (χ0n) is 14.0. The fourth-order valence-electron chi connectivity index (χ4n) is 3.56. The van der Waals surface area contributed by atoms with Gasteiger partial charge in [0.2, 0.25) is 0 Å². The molecular weight excluding hydrogens is 296 g/mol. The topological polar surface area (TPSA) is 34.0 Å². The van der Waals surface area contributed by atoms with Crippen molar-refractivity contribution >= 4 is 0 Å². The predicted molar refractivity (Wildman–Crippen MR) is 94.5 cm³/mol. The fraction of sp³-hybridized carbons (Fsp3) is 0.300. The smallest absolute Gasteiger partial charge is 0.147 e. The van der Waals surface area contributed by atoms with E-state index in [1.807, 2.05) is 6.92 Å². The third kappa shape index (κ3) is 2.97. The molecule has 0 N–H and O–H groups in total. The number of fused-ring (bicyclic) bond motifs is 1. The van der Waals surface area contributed by atoms with Crippen LogP contribution < -0.4 is 0 Å². The molecule has 0 unspecified atom stereocenters. The number of hydrogen-bond acceptors (Lipinski definition) is 3. The normalized spacial score (nSPS) is 15.9. The molecule has 0 saturated heterocycles. The summed E-state index contributed by atoms with van der Waals surface area (Å²) in [5.41, 5.74) is 2.74. The van der Waals surface area contributed by atoms with Gasteiger partial charge in [-0.2, -0.15) is 0 Å². The summed E-state index contributed by atoms with van der Waals surface area (Å²) < 4.78 is 2.24. The summed E-state index contributed by atoms with van der Waals surface area (Å²) >= 11 is 0. The van der Waals surface area contributed by atoms with Crippen molar-refractivity contribution in [2.75, 3.05) is 6.54 Å². The first-order chi connectivity index (χ1) is 11.8. The van der Waals surface area contributed by atoms with Crippen LogP contribution in [-0.2, 0) is 19.5 Å². The number of nitrogens with zero attached hydrogens (tertiary/aromatic N) is 4. The van der Waals surface area contributed by atoms with Gasteiger partial charge in [-0.15, -0.1) is 10.2 Å². The first kappa shape index (κ1) is 15.1. The maximum atomic E-state index is 4.36. The predicted octanol–water partition coefficient (Wildman–Crippen LogP) is 3.39. The van der Waals surface area contributed by atoms with E-state index in [1.54, 1.807) is 0 Å². The Balaban J connectivity index is 1.63. The van der Waals surface area contributed by atoms with Crippen LogP contribution in [0, 0.1) is 6.92 Å². The van der Waals surface area contributed by atoms with Crippen molar-refractivity contribution in [1.29, 1.82) is 0 Å². The number of hydrogen-bond donors (Lipinski definition) is 0. The Morgan fingerprint density at radius 3 is 2.38 bits per heavy atom. The van der Waals surface area contributed by atoms with Gasteiger partial charge in [0, 0.05) is 19.1 Å². The van der Waals surface area contributed by atoms with Crippen LogP contribution >= 0.6 is 0 Å². The first-order valence-electron chi connectivity index (χ1n) is 8.53. The van der Waals surface area contributed by atoms with E-state index in [1.165, 1.54) is 11.1 Å². The number of benzene rings is 2. The molecule has 3 aromatic rings. The highest BCUT2D eigenvalue weighted by molar-refractivity contribution is 5.24. The van der Waals surface area contributed by atoms with E-state index in [2.05, 4.69) is 80.3 Å². The lowest BCUT2D eigenvalue weighted by atomic mass is 9.97. The van der Waals surface area contributed by atoms with Gasteiger partial charge in [0.15, 0.2) is 0 Å². The SMILES string of the molecule is Cc1nnc2n1CCN([C@@H](Cc1ccccc1)c1ccccc1)C2. The van der Waals surface area contributed by atoms with E-state index in [-0.39, 0.29) is 0 Å². The van der Waals surface area contributed by atoms with Crippen LogP contribution in [-0.4, -0.2) is 26.2 Å². The molecule has 0 saturated carbocycles. The molecule has 2 heterocycles. The lowest BCUT2D eigenvalue weighted by molar-refractivity contribution is 0.150. The second-order valence-electron chi connectivity index (χ2n) is 6.40. The molecule has 4 rings (SSSR count). The van der Waals surface area contributed by atoms with E-state index >= 15 is 0 Å². The average Bonchev–Trinajstić information content (AvgIpc) is 3.02. The number of aromatic nitrogens is 3. The summed E-state index contributed by atoms with van der Waals surface area (Å²) in [4.78, 5) is 2.53. The third-order valence-electron chi connectivity index (χ3n) is 4.86. The maximum Gasteiger partial charge on any atom is 0.147 e. The van der Waals surface area contributed by atoms with Crippen LogP contribution in [0.5, 0.6) is 0 Å². The zero-order chi connectivity index (χ0) is 16.4. The molecular formula is C20H22N4. The molecule has 0 spiro atoms. The van der Waals surface area contributed by atoms with Crippen LogP contribution in [0.1, 0.15) is 28.8 Å². The van der Waals surface area contributed by atoms with E-state index in [9.17, 15) is 0 Å². The largest absolute Gasteiger partial charge is 0.313 e. The summed E-state index contributed by atoms with van der Waals surface area (Å²) in [6.45, 7) is 4.88. The second kappa shape index (κ2) is 6.57. The highest BCUT2D eigenvalue weighted by atomic mass is 15.3. The molecule has 122 valence electrons. The van der Waals surface area contributed by atoms with E-state index < -0.39 is 0 Å². The Kier molecular flexibility index (Phi) is 4.13. The molecule has 0 fully saturated rings. The van der Waals surface area contributed by atoms with Crippen molar-refractivity contribution in [3.05, 3.63) is 83.4 Å². The maximum absolute atomic E-state index is 4.36. The molecule has 0 aliphatic carbocycles. The van der Waals surface area contributed by atoms with Gasteiger partial charge in [-0.05, 0) is 24.5 Å². The van der Waals surface area contributed by atoms with E-state index in [0.29, 0.717) is 6.04 Å². The molecule has 1 aliphatic heterocycles. The minimum atomic E-state index is 0.361. The monoisotopic (exact) mass is 318 g/mol. The van der Waals surface area contributed by atoms with E-state index in [0.717, 1.165) is 37.7 Å². The quantitative estimate of drug-likeness (QED) is 0.739. The first-order valence-corrected chi connectivity index (χ1v) is 8.53. The van der Waals surface area contributed by atoms with Crippen LogP contribution in [0.15, 0.2) is 60.7 Å². The summed E-state index contributed by atoms with van der Waals surface area (Å²) in [7, 11) is 0. The molecule has 2 aromatic carbocycles. The molecule has 24 heavy (non-hydrogen) atoms. The van der Waals surface area contributed by atoms with Crippen LogP contribution in [0.25, 0.3) is 0 Å². The van der Waals surface area contributed by atoms with Gasteiger partial charge in [0.25, 0.3) is 0 Å². The number of aryl methyl sites for hydroxylation is 1. The average molecular weight is 318 g/mol. The van der Waals surface area contributed by atoms with Crippen LogP contribution in [0.2, 0.25) is 0 Å². The van der Waals surface area contributed by atoms with Gasteiger partial charge < -0.3 is 4.57 Å². The minimum Gasteiger partial charge on any atom is -0.313 e. The summed E-state index contributed by atoms with van der Waals surface area (Å²) in [5.74, 6) is 2.09. The fourth-order valence-corrected chi connectivity index (χ4v) is 3.56. The minimum absolute atomic E-state index is 0.361. The van der Waals surface area contributed by atoms with Crippen molar-refractivity contribution in [3.8, 4) is 0 Å². The Morgan fingerprint density at radius 2 is 1.62 bits per heavy atom. The third-order valence-corrected chi connectivity index (χ3v) is 4.86. The molecule has 4 heteroatoms. The highest BCUT2D eigenvalue weighted by Gasteiger charge is 2.26. The van der Waals surface area contributed by atoms with Crippen LogP contribution in [0.3, 0.4) is 0 Å². The highest BCUT2D eigenvalue weighted by Crippen LogP contribution is 2.28. The molecule has 1 aromatic heterocycles. The second-order valence-corrected chi connectivity index (χ2v) is 6.40. The van der Waals surface area contributed by atoms with Gasteiger partial charge in [0.05, 0.1) is 6.54 Å². The molecule has 1 aliphatic rings. The summed E-state index contributed by atoms with van der Waals surface area (Å²) in [6, 6.07) is 21.9. The van der Waals surface area contributed by atoms with Crippen molar-refractivity contribution < 1.29 is 0 Å². The lowest BCUT2D eigenvalue weighted by Gasteiger charge is -2.35. The Labute approximate surface area is 142 Å². The van der Waals surface area contributed by atoms with Crippen molar-refractivity contribution in [2.45, 2.75) is 32.5 Å². The Morgan fingerprint density at radius 1 is 0.917 bits per heavy atom. The Hall–Kier alpha value is -2.46. The van der Waals surface area contributed by atoms with Crippen molar-refractivity contribution in [2.24, 2.45) is 0 Å². The zero-order valence-corrected chi connectivity index (χ0v) is 14.0. The number of rotatable bonds is 4. The van der Waals surface area contributed by atoms with E-state index in [4.69, 9.17) is 0 Å². The molecule has 1 atom stereocenters. The van der Waals surface area contributed by atoms with Crippen molar-refractivity contribution in [3.63, 3.8) is 0 Å².